The standard InChI is InChI=1S/C20H25N3O2S/c1-21-11-8-16(15-21)14-19(24)22-9-3-10-23(13-12-22)20(25)17-4-6-18(26-2)7-5-17/h4-8,11,15H,3,9-10,12-14H2,1-2H3. The van der Waals surface area contributed by atoms with E-state index in [1.807, 2.05) is 70.4 Å². The minimum atomic E-state index is 0.0509. The van der Waals surface area contributed by atoms with Crippen LogP contribution in [0.4, 0.5) is 0 Å². The molecule has 2 amide bonds. The number of thioether (sulfide) groups is 1. The van der Waals surface area contributed by atoms with Crippen molar-refractivity contribution in [3.8, 4) is 0 Å². The Hall–Kier alpha value is -2.21. The van der Waals surface area contributed by atoms with Crippen LogP contribution in [0, 0.1) is 0 Å². The summed E-state index contributed by atoms with van der Waals surface area (Å²) < 4.78 is 1.95. The normalized spacial score (nSPS) is 15.0. The third kappa shape index (κ3) is 4.49. The fourth-order valence-corrected chi connectivity index (χ4v) is 3.65. The Balaban J connectivity index is 1.58. The number of carbonyl (C=O) groups is 2. The van der Waals surface area contributed by atoms with E-state index < -0.39 is 0 Å². The van der Waals surface area contributed by atoms with Crippen LogP contribution in [0.2, 0.25) is 0 Å². The molecule has 0 saturated carbocycles. The van der Waals surface area contributed by atoms with Crippen molar-refractivity contribution < 1.29 is 9.59 Å². The molecule has 3 rings (SSSR count). The SMILES string of the molecule is CSc1ccc(C(=O)N2CCCN(C(=O)Cc3ccn(C)c3)CC2)cc1. The molecule has 0 atom stereocenters. The maximum absolute atomic E-state index is 12.7. The molecule has 2 heterocycles. The third-order valence-electron chi connectivity index (χ3n) is 4.72. The molecule has 0 unspecified atom stereocenters. The number of nitrogens with zero attached hydrogens (tertiary/aromatic N) is 3. The number of benzene rings is 1. The van der Waals surface area contributed by atoms with Crippen LogP contribution in [0.3, 0.4) is 0 Å². The molecule has 6 heteroatoms. The molecule has 0 bridgehead atoms. The summed E-state index contributed by atoms with van der Waals surface area (Å²) in [6, 6.07) is 9.70. The van der Waals surface area contributed by atoms with Crippen molar-refractivity contribution in [2.24, 2.45) is 7.05 Å². The van der Waals surface area contributed by atoms with E-state index in [0.29, 0.717) is 38.2 Å². The van der Waals surface area contributed by atoms with Gasteiger partial charge in [0.05, 0.1) is 6.42 Å². The van der Waals surface area contributed by atoms with Crippen molar-refractivity contribution in [1.29, 1.82) is 0 Å². The van der Waals surface area contributed by atoms with Gasteiger partial charge in [-0.25, -0.2) is 0 Å². The van der Waals surface area contributed by atoms with E-state index in [2.05, 4.69) is 0 Å². The van der Waals surface area contributed by atoms with Crippen LogP contribution in [0.5, 0.6) is 0 Å². The van der Waals surface area contributed by atoms with Gasteiger partial charge < -0.3 is 14.4 Å². The van der Waals surface area contributed by atoms with E-state index >= 15 is 0 Å². The van der Waals surface area contributed by atoms with Gasteiger partial charge in [0.2, 0.25) is 5.91 Å². The van der Waals surface area contributed by atoms with Gasteiger partial charge in [-0.15, -0.1) is 11.8 Å². The van der Waals surface area contributed by atoms with Gasteiger partial charge in [0.15, 0.2) is 0 Å². The van der Waals surface area contributed by atoms with Crippen LogP contribution in [0.25, 0.3) is 0 Å². The molecule has 0 radical (unpaired) electrons. The van der Waals surface area contributed by atoms with Crippen molar-refractivity contribution in [2.45, 2.75) is 17.7 Å². The number of aromatic nitrogens is 1. The molecule has 0 N–H and O–H groups in total. The highest BCUT2D eigenvalue weighted by Crippen LogP contribution is 2.17. The van der Waals surface area contributed by atoms with Crippen molar-refractivity contribution >= 4 is 23.6 Å². The first kappa shape index (κ1) is 18.6. The number of amides is 2. The smallest absolute Gasteiger partial charge is 0.253 e. The molecule has 5 nitrogen and oxygen atoms in total. The summed E-state index contributed by atoms with van der Waals surface area (Å²) in [6.07, 6.45) is 7.18. The fourth-order valence-electron chi connectivity index (χ4n) is 3.24. The lowest BCUT2D eigenvalue weighted by atomic mass is 10.2. The molecule has 1 aliphatic rings. The summed E-state index contributed by atoms with van der Waals surface area (Å²) in [5.74, 6) is 0.185. The van der Waals surface area contributed by atoms with Gasteiger partial charge in [0, 0.05) is 56.1 Å². The predicted octanol–water partition coefficient (Wildman–Crippen LogP) is 2.66. The van der Waals surface area contributed by atoms with Gasteiger partial charge in [-0.3, -0.25) is 9.59 Å². The van der Waals surface area contributed by atoms with Crippen LogP contribution in [-0.2, 0) is 18.3 Å². The topological polar surface area (TPSA) is 45.6 Å². The number of hydrogen-bond donors (Lipinski definition) is 0. The summed E-state index contributed by atoms with van der Waals surface area (Å²) >= 11 is 1.66. The second kappa shape index (κ2) is 8.45. The third-order valence-corrected chi connectivity index (χ3v) is 5.46. The molecule has 2 aromatic rings. The summed E-state index contributed by atoms with van der Waals surface area (Å²) in [5, 5.41) is 0. The minimum Gasteiger partial charge on any atom is -0.357 e. The van der Waals surface area contributed by atoms with E-state index in [-0.39, 0.29) is 11.8 Å². The summed E-state index contributed by atoms with van der Waals surface area (Å²) in [5.41, 5.74) is 1.75. The van der Waals surface area contributed by atoms with Crippen LogP contribution < -0.4 is 0 Å². The fraction of sp³-hybridized carbons (Fsp3) is 0.400. The van der Waals surface area contributed by atoms with Crippen LogP contribution in [0.15, 0.2) is 47.6 Å². The summed E-state index contributed by atoms with van der Waals surface area (Å²) in [7, 11) is 1.95. The molecule has 1 saturated heterocycles. The van der Waals surface area contributed by atoms with Crippen LogP contribution in [0.1, 0.15) is 22.3 Å². The molecule has 1 fully saturated rings. The largest absolute Gasteiger partial charge is 0.357 e. The maximum Gasteiger partial charge on any atom is 0.253 e. The van der Waals surface area contributed by atoms with Crippen molar-refractivity contribution in [3.63, 3.8) is 0 Å². The number of aryl methyl sites for hydroxylation is 1. The van der Waals surface area contributed by atoms with Gasteiger partial charge in [0.1, 0.15) is 0 Å². The summed E-state index contributed by atoms with van der Waals surface area (Å²) in [6.45, 7) is 2.59. The van der Waals surface area contributed by atoms with Crippen molar-refractivity contribution in [1.82, 2.24) is 14.4 Å². The lowest BCUT2D eigenvalue weighted by molar-refractivity contribution is -0.130. The Morgan fingerprint density at radius 2 is 1.69 bits per heavy atom. The molecule has 0 aliphatic carbocycles. The van der Waals surface area contributed by atoms with Gasteiger partial charge in [0.25, 0.3) is 5.91 Å². The number of hydrogen-bond acceptors (Lipinski definition) is 3. The van der Waals surface area contributed by atoms with E-state index in [1.165, 1.54) is 0 Å². The molecule has 1 aromatic heterocycles. The average molecular weight is 372 g/mol. The van der Waals surface area contributed by atoms with Gasteiger partial charge in [-0.2, -0.15) is 0 Å². The second-order valence-corrected chi connectivity index (χ2v) is 7.50. The Morgan fingerprint density at radius 1 is 1.00 bits per heavy atom. The zero-order chi connectivity index (χ0) is 18.5. The highest BCUT2D eigenvalue weighted by atomic mass is 32.2. The monoisotopic (exact) mass is 371 g/mol. The Bertz CT molecular complexity index is 770. The first-order chi connectivity index (χ1) is 12.6. The Morgan fingerprint density at radius 3 is 2.35 bits per heavy atom. The minimum absolute atomic E-state index is 0.0509. The maximum atomic E-state index is 12.7. The van der Waals surface area contributed by atoms with E-state index in [0.717, 1.165) is 16.9 Å². The highest BCUT2D eigenvalue weighted by molar-refractivity contribution is 7.98. The molecular formula is C20H25N3O2S. The quantitative estimate of drug-likeness (QED) is 0.776. The first-order valence-electron chi connectivity index (χ1n) is 8.89. The second-order valence-electron chi connectivity index (χ2n) is 6.62. The zero-order valence-electron chi connectivity index (χ0n) is 15.4. The van der Waals surface area contributed by atoms with Crippen molar-refractivity contribution in [3.05, 3.63) is 53.9 Å². The van der Waals surface area contributed by atoms with Gasteiger partial charge >= 0.3 is 0 Å². The Labute approximate surface area is 159 Å². The van der Waals surface area contributed by atoms with Crippen LogP contribution in [-0.4, -0.2) is 58.6 Å². The lowest BCUT2D eigenvalue weighted by Gasteiger charge is -2.22. The van der Waals surface area contributed by atoms with E-state index in [4.69, 9.17) is 0 Å². The van der Waals surface area contributed by atoms with Gasteiger partial charge in [-0.05, 0) is 48.6 Å². The molecule has 138 valence electrons. The highest BCUT2D eigenvalue weighted by Gasteiger charge is 2.23. The average Bonchev–Trinajstić information content (AvgIpc) is 2.92. The predicted molar refractivity (Wildman–Crippen MR) is 104 cm³/mol. The van der Waals surface area contributed by atoms with E-state index in [1.54, 1.807) is 11.8 Å². The molecule has 1 aromatic carbocycles. The molecule has 1 aliphatic heterocycles. The molecular weight excluding hydrogens is 346 g/mol. The zero-order valence-corrected chi connectivity index (χ0v) is 16.2. The lowest BCUT2D eigenvalue weighted by Crippen LogP contribution is -2.37. The van der Waals surface area contributed by atoms with Crippen LogP contribution >= 0.6 is 11.8 Å². The Kier molecular flexibility index (Phi) is 6.04. The van der Waals surface area contributed by atoms with E-state index in [9.17, 15) is 9.59 Å². The first-order valence-corrected chi connectivity index (χ1v) is 10.1. The van der Waals surface area contributed by atoms with Gasteiger partial charge in [-0.1, -0.05) is 0 Å². The molecule has 26 heavy (non-hydrogen) atoms. The van der Waals surface area contributed by atoms with Crippen molar-refractivity contribution in [2.75, 3.05) is 32.4 Å². The number of rotatable bonds is 4. The molecule has 0 spiro atoms. The number of carbonyl (C=O) groups excluding carboxylic acids is 2. The summed E-state index contributed by atoms with van der Waals surface area (Å²) in [4.78, 5) is 30.2.